The van der Waals surface area contributed by atoms with Crippen LogP contribution in [0.15, 0.2) is 18.3 Å². The van der Waals surface area contributed by atoms with Crippen molar-refractivity contribution in [3.8, 4) is 0 Å². The number of carbonyl (C=O) groups excluding carboxylic acids is 1. The summed E-state index contributed by atoms with van der Waals surface area (Å²) in [5.74, 6) is 1.80. The van der Waals surface area contributed by atoms with Crippen LogP contribution in [-0.2, 0) is 0 Å². The van der Waals surface area contributed by atoms with E-state index < -0.39 is 0 Å². The number of piperazine rings is 1. The quantitative estimate of drug-likeness (QED) is 0.722. The predicted molar refractivity (Wildman–Crippen MR) is 119 cm³/mol. The van der Waals surface area contributed by atoms with E-state index in [1.165, 1.54) is 19.4 Å². The molecule has 1 atom stereocenters. The Bertz CT molecular complexity index is 870. The Morgan fingerprint density at radius 2 is 1.93 bits per heavy atom. The predicted octanol–water partition coefficient (Wildman–Crippen LogP) is 3.12. The Morgan fingerprint density at radius 1 is 1.17 bits per heavy atom. The fourth-order valence-corrected chi connectivity index (χ4v) is 4.56. The summed E-state index contributed by atoms with van der Waals surface area (Å²) in [4.78, 5) is 17.9. The number of rotatable bonds is 8. The van der Waals surface area contributed by atoms with Gasteiger partial charge in [0, 0.05) is 44.5 Å². The zero-order valence-corrected chi connectivity index (χ0v) is 18.8. The average molecular weight is 413 g/mol. The molecule has 1 saturated heterocycles. The van der Waals surface area contributed by atoms with Gasteiger partial charge in [-0.05, 0) is 57.6 Å². The lowest BCUT2D eigenvalue weighted by molar-refractivity contribution is 0.0437. The molecule has 1 aliphatic carbocycles. The zero-order chi connectivity index (χ0) is 21.3. The molecule has 4 rings (SSSR count). The van der Waals surface area contributed by atoms with Crippen molar-refractivity contribution in [2.24, 2.45) is 5.92 Å². The molecule has 2 fully saturated rings. The lowest BCUT2D eigenvalue weighted by Gasteiger charge is -2.42. The van der Waals surface area contributed by atoms with Gasteiger partial charge in [-0.15, -0.1) is 10.2 Å². The van der Waals surface area contributed by atoms with Gasteiger partial charge in [0.1, 0.15) is 0 Å². The first-order chi connectivity index (χ1) is 14.5. The number of carbonyl (C=O) groups is 1. The van der Waals surface area contributed by atoms with Crippen LogP contribution in [0, 0.1) is 5.92 Å². The highest BCUT2D eigenvalue weighted by molar-refractivity contribution is 5.94. The van der Waals surface area contributed by atoms with Gasteiger partial charge in [0.05, 0.1) is 11.6 Å². The summed E-state index contributed by atoms with van der Waals surface area (Å²) in [5.41, 5.74) is 1.46. The molecule has 0 radical (unpaired) electrons. The highest BCUT2D eigenvalue weighted by atomic mass is 16.1. The molecule has 2 aromatic heterocycles. The fourth-order valence-electron chi connectivity index (χ4n) is 4.56. The maximum Gasteiger partial charge on any atom is 0.252 e. The van der Waals surface area contributed by atoms with Crippen molar-refractivity contribution >= 4 is 11.6 Å². The van der Waals surface area contributed by atoms with Crippen molar-refractivity contribution in [1.29, 1.82) is 0 Å². The molecule has 1 amide bonds. The van der Waals surface area contributed by atoms with Gasteiger partial charge in [-0.2, -0.15) is 0 Å². The van der Waals surface area contributed by atoms with E-state index in [9.17, 15) is 4.79 Å². The second-order valence-electron chi connectivity index (χ2n) is 9.24. The number of fused-ring (bicyclic) bond motifs is 1. The maximum absolute atomic E-state index is 12.8. The van der Waals surface area contributed by atoms with E-state index in [-0.39, 0.29) is 18.0 Å². The molecule has 7 heteroatoms. The number of aromatic nitrogens is 3. The molecule has 7 nitrogen and oxygen atoms in total. The van der Waals surface area contributed by atoms with Crippen LogP contribution in [0.25, 0.3) is 5.65 Å². The number of nitrogens with one attached hydrogen (secondary N) is 1. The van der Waals surface area contributed by atoms with Crippen LogP contribution >= 0.6 is 0 Å². The molecule has 0 aromatic carbocycles. The fraction of sp³-hybridized carbons (Fsp3) is 0.696. The van der Waals surface area contributed by atoms with E-state index in [2.05, 4.69) is 53.0 Å². The molecule has 0 unspecified atom stereocenters. The normalized spacial score (nSPS) is 21.1. The number of hydrogen-bond acceptors (Lipinski definition) is 5. The van der Waals surface area contributed by atoms with Crippen molar-refractivity contribution in [3.05, 3.63) is 29.7 Å². The first-order valence-corrected chi connectivity index (χ1v) is 11.6. The number of pyridine rings is 1. The number of amides is 1. The number of hydrogen-bond donors (Lipinski definition) is 1. The Morgan fingerprint density at radius 3 is 2.60 bits per heavy atom. The third-order valence-corrected chi connectivity index (χ3v) is 6.69. The smallest absolute Gasteiger partial charge is 0.252 e. The second kappa shape index (κ2) is 9.02. The van der Waals surface area contributed by atoms with E-state index in [4.69, 9.17) is 0 Å². The van der Waals surface area contributed by atoms with E-state index >= 15 is 0 Å². The topological polar surface area (TPSA) is 65.8 Å². The van der Waals surface area contributed by atoms with Crippen LogP contribution < -0.4 is 5.32 Å². The second-order valence-corrected chi connectivity index (χ2v) is 9.24. The van der Waals surface area contributed by atoms with Crippen LogP contribution in [0.3, 0.4) is 0 Å². The lowest BCUT2D eigenvalue weighted by Crippen LogP contribution is -2.51. The van der Waals surface area contributed by atoms with Gasteiger partial charge in [-0.3, -0.25) is 19.0 Å². The molecule has 1 aliphatic heterocycles. The van der Waals surface area contributed by atoms with Crippen LogP contribution in [-0.4, -0.2) is 68.6 Å². The molecule has 2 aliphatic rings. The summed E-state index contributed by atoms with van der Waals surface area (Å²) in [6, 6.07) is 4.59. The highest BCUT2D eigenvalue weighted by Crippen LogP contribution is 2.33. The molecular formula is C23H36N6O. The van der Waals surface area contributed by atoms with Gasteiger partial charge in [0.25, 0.3) is 5.91 Å². The largest absolute Gasteiger partial charge is 0.349 e. The van der Waals surface area contributed by atoms with Crippen molar-refractivity contribution in [1.82, 2.24) is 29.7 Å². The molecule has 164 valence electrons. The zero-order valence-electron chi connectivity index (χ0n) is 18.8. The minimum Gasteiger partial charge on any atom is -0.349 e. The van der Waals surface area contributed by atoms with Gasteiger partial charge in [-0.1, -0.05) is 13.8 Å². The Hall–Kier alpha value is -1.99. The minimum absolute atomic E-state index is 0.0232. The van der Waals surface area contributed by atoms with Gasteiger partial charge in [-0.25, -0.2) is 0 Å². The van der Waals surface area contributed by atoms with Crippen LogP contribution in [0.4, 0.5) is 0 Å². The maximum atomic E-state index is 12.8. The van der Waals surface area contributed by atoms with E-state index in [1.54, 1.807) is 0 Å². The molecule has 1 N–H and O–H groups in total. The Labute approximate surface area is 179 Å². The first-order valence-electron chi connectivity index (χ1n) is 11.6. The summed E-state index contributed by atoms with van der Waals surface area (Å²) in [5, 5.41) is 12.1. The third-order valence-electron chi connectivity index (χ3n) is 6.69. The van der Waals surface area contributed by atoms with E-state index in [0.29, 0.717) is 11.6 Å². The van der Waals surface area contributed by atoms with Gasteiger partial charge in [0.2, 0.25) is 0 Å². The third kappa shape index (κ3) is 4.52. The van der Waals surface area contributed by atoms with Crippen LogP contribution in [0.1, 0.15) is 75.6 Å². The summed E-state index contributed by atoms with van der Waals surface area (Å²) >= 11 is 0. The molecule has 0 bridgehead atoms. The van der Waals surface area contributed by atoms with Gasteiger partial charge < -0.3 is 5.32 Å². The van der Waals surface area contributed by atoms with Crippen molar-refractivity contribution in [3.63, 3.8) is 0 Å². The standard InChI is InChI=1S/C23H36N6O/c1-5-19(6-2)24-23(30)18-9-10-21-25-26-22(29(21)14-18)20-15-27(13-17-7-8-17)11-12-28(20)16(3)4/h9-10,14,16-17,19-20H,5-8,11-13,15H2,1-4H3,(H,24,30)/t20-/m0/s1. The lowest BCUT2D eigenvalue weighted by atomic mass is 10.1. The molecule has 1 saturated carbocycles. The first kappa shape index (κ1) is 21.2. The molecule has 2 aromatic rings. The van der Waals surface area contributed by atoms with E-state index in [0.717, 1.165) is 49.9 Å². The Balaban J connectivity index is 1.61. The van der Waals surface area contributed by atoms with Gasteiger partial charge >= 0.3 is 0 Å². The van der Waals surface area contributed by atoms with Crippen molar-refractivity contribution in [2.45, 2.75) is 71.5 Å². The molecule has 30 heavy (non-hydrogen) atoms. The van der Waals surface area contributed by atoms with E-state index in [1.807, 2.05) is 22.7 Å². The Kier molecular flexibility index (Phi) is 6.39. The van der Waals surface area contributed by atoms with Crippen LogP contribution in [0.2, 0.25) is 0 Å². The minimum atomic E-state index is -0.0232. The highest BCUT2D eigenvalue weighted by Gasteiger charge is 2.35. The summed E-state index contributed by atoms with van der Waals surface area (Å²) < 4.78 is 2.03. The van der Waals surface area contributed by atoms with Crippen molar-refractivity contribution in [2.75, 3.05) is 26.2 Å². The van der Waals surface area contributed by atoms with Crippen molar-refractivity contribution < 1.29 is 4.79 Å². The number of nitrogens with zero attached hydrogens (tertiary/aromatic N) is 5. The summed E-state index contributed by atoms with van der Waals surface area (Å²) in [6.45, 7) is 13.0. The van der Waals surface area contributed by atoms with Gasteiger partial charge in [0.15, 0.2) is 11.5 Å². The monoisotopic (exact) mass is 412 g/mol. The SMILES string of the molecule is CCC(CC)NC(=O)c1ccc2nnc([C@@H]3CN(CC4CC4)CCN3C(C)C)n2c1. The average Bonchev–Trinajstić information content (AvgIpc) is 3.46. The van der Waals surface area contributed by atoms with Crippen LogP contribution in [0.5, 0.6) is 0 Å². The summed E-state index contributed by atoms with van der Waals surface area (Å²) in [7, 11) is 0. The molecule has 0 spiro atoms. The summed E-state index contributed by atoms with van der Waals surface area (Å²) in [6.07, 6.45) is 6.53. The molecular weight excluding hydrogens is 376 g/mol. The molecule has 3 heterocycles.